The van der Waals surface area contributed by atoms with Crippen molar-refractivity contribution in [3.05, 3.63) is 71.7 Å². The van der Waals surface area contributed by atoms with Gasteiger partial charge < -0.3 is 24.4 Å². The number of furan rings is 1. The molecular weight excluding hydrogens is 446 g/mol. The number of anilines is 2. The number of ether oxygens (including phenoxy) is 1. The smallest absolute Gasteiger partial charge is 0.356 e. The number of methoxy groups -OCH3 is 1. The Kier molecular flexibility index (Phi) is 7.14. The number of amides is 1. The normalized spacial score (nSPS) is 11.1. The van der Waals surface area contributed by atoms with Gasteiger partial charge in [-0.05, 0) is 36.2 Å². The van der Waals surface area contributed by atoms with Gasteiger partial charge in [0.15, 0.2) is 5.69 Å². The number of fused-ring (bicyclic) bond motifs is 1. The zero-order valence-corrected chi connectivity index (χ0v) is 20.3. The second kappa shape index (κ2) is 10.4. The predicted molar refractivity (Wildman–Crippen MR) is 134 cm³/mol. The van der Waals surface area contributed by atoms with Gasteiger partial charge in [-0.2, -0.15) is 0 Å². The van der Waals surface area contributed by atoms with Crippen molar-refractivity contribution in [1.82, 2.24) is 14.5 Å². The van der Waals surface area contributed by atoms with E-state index >= 15 is 0 Å². The molecule has 0 saturated heterocycles. The zero-order valence-electron chi connectivity index (χ0n) is 20.3. The van der Waals surface area contributed by atoms with Gasteiger partial charge in [0.05, 0.1) is 36.8 Å². The molecule has 9 nitrogen and oxygen atoms in total. The van der Waals surface area contributed by atoms with Gasteiger partial charge in [-0.25, -0.2) is 9.78 Å². The molecule has 9 heteroatoms. The molecule has 182 valence electrons. The van der Waals surface area contributed by atoms with Crippen molar-refractivity contribution in [1.29, 1.82) is 0 Å². The van der Waals surface area contributed by atoms with Crippen LogP contribution in [0.1, 0.15) is 53.1 Å². The number of aromatic nitrogens is 3. The Morgan fingerprint density at radius 1 is 1.17 bits per heavy atom. The molecule has 0 aromatic carbocycles. The summed E-state index contributed by atoms with van der Waals surface area (Å²) < 4.78 is 12.7. The number of carbonyl (C=O) groups excluding carboxylic acids is 2. The van der Waals surface area contributed by atoms with E-state index in [1.807, 2.05) is 39.0 Å². The minimum atomic E-state index is -0.553. The van der Waals surface area contributed by atoms with Crippen molar-refractivity contribution in [2.45, 2.75) is 40.3 Å². The fourth-order valence-corrected chi connectivity index (χ4v) is 3.88. The highest BCUT2D eigenvalue weighted by molar-refractivity contribution is 6.14. The van der Waals surface area contributed by atoms with E-state index in [0.717, 1.165) is 23.6 Å². The van der Waals surface area contributed by atoms with Crippen LogP contribution < -0.4 is 10.6 Å². The summed E-state index contributed by atoms with van der Waals surface area (Å²) in [6, 6.07) is 9.10. The van der Waals surface area contributed by atoms with E-state index in [1.54, 1.807) is 29.1 Å². The number of nitrogens with one attached hydrogen (secondary N) is 2. The Labute approximate surface area is 203 Å². The average molecular weight is 476 g/mol. The molecule has 0 aliphatic rings. The molecule has 0 aliphatic heterocycles. The standard InChI is InChI=1S/C26H29N5O4/c1-5-19-8-9-20(35-19)14-28-18-11-21-22(30-25(32)17-7-6-10-27-12-17)23(26(33)34-4)31(15-16(2)3)24(21)29-13-18/h6-13,16,28H,5,14-15H2,1-4H3,(H,30,32). The molecule has 4 heterocycles. The number of aryl methyl sites for hydroxylation is 1. The highest BCUT2D eigenvalue weighted by Crippen LogP contribution is 2.33. The fourth-order valence-electron chi connectivity index (χ4n) is 3.88. The average Bonchev–Trinajstić information content (AvgIpc) is 3.45. The van der Waals surface area contributed by atoms with Gasteiger partial charge in [0.2, 0.25) is 0 Å². The molecule has 0 bridgehead atoms. The van der Waals surface area contributed by atoms with Gasteiger partial charge in [0.1, 0.15) is 17.2 Å². The first-order valence-electron chi connectivity index (χ1n) is 11.5. The van der Waals surface area contributed by atoms with Crippen LogP contribution in [0.15, 0.2) is 53.3 Å². The molecule has 4 rings (SSSR count). The van der Waals surface area contributed by atoms with Gasteiger partial charge in [-0.3, -0.25) is 9.78 Å². The maximum Gasteiger partial charge on any atom is 0.356 e. The van der Waals surface area contributed by atoms with Crippen LogP contribution in [0.2, 0.25) is 0 Å². The van der Waals surface area contributed by atoms with E-state index in [4.69, 9.17) is 9.15 Å². The first kappa shape index (κ1) is 24.0. The quantitative estimate of drug-likeness (QED) is 0.331. The van der Waals surface area contributed by atoms with Crippen LogP contribution in [0.3, 0.4) is 0 Å². The molecule has 1 amide bonds. The molecule has 4 aromatic heterocycles. The second-order valence-electron chi connectivity index (χ2n) is 8.59. The highest BCUT2D eigenvalue weighted by Gasteiger charge is 2.27. The molecule has 2 N–H and O–H groups in total. The van der Waals surface area contributed by atoms with Crippen LogP contribution >= 0.6 is 0 Å². The minimum Gasteiger partial charge on any atom is -0.464 e. The van der Waals surface area contributed by atoms with E-state index in [2.05, 4.69) is 20.6 Å². The Morgan fingerprint density at radius 2 is 1.97 bits per heavy atom. The van der Waals surface area contributed by atoms with Crippen molar-refractivity contribution >= 4 is 34.3 Å². The Bertz CT molecular complexity index is 1340. The molecule has 0 radical (unpaired) electrons. The molecule has 0 unspecified atom stereocenters. The van der Waals surface area contributed by atoms with E-state index < -0.39 is 5.97 Å². The summed E-state index contributed by atoms with van der Waals surface area (Å²) in [6.45, 7) is 7.13. The van der Waals surface area contributed by atoms with Crippen LogP contribution in [0.25, 0.3) is 11.0 Å². The third-order valence-electron chi connectivity index (χ3n) is 5.52. The zero-order chi connectivity index (χ0) is 24.9. The van der Waals surface area contributed by atoms with Crippen LogP contribution in [-0.4, -0.2) is 33.5 Å². The second-order valence-corrected chi connectivity index (χ2v) is 8.59. The van der Waals surface area contributed by atoms with E-state index in [-0.39, 0.29) is 17.5 Å². The van der Waals surface area contributed by atoms with E-state index in [1.165, 1.54) is 13.3 Å². The predicted octanol–water partition coefficient (Wildman–Crippen LogP) is 4.89. The molecule has 4 aromatic rings. The van der Waals surface area contributed by atoms with Gasteiger partial charge >= 0.3 is 5.97 Å². The lowest BCUT2D eigenvalue weighted by Gasteiger charge is -2.12. The molecule has 0 aliphatic carbocycles. The van der Waals surface area contributed by atoms with Gasteiger partial charge in [0.25, 0.3) is 5.91 Å². The topological polar surface area (TPSA) is 111 Å². The SMILES string of the molecule is CCc1ccc(CNc2cnc3c(c2)c(NC(=O)c2cccnc2)c(C(=O)OC)n3CC(C)C)o1. The maximum atomic E-state index is 13.0. The summed E-state index contributed by atoms with van der Waals surface area (Å²) in [7, 11) is 1.32. The summed E-state index contributed by atoms with van der Waals surface area (Å²) in [6.07, 6.45) is 5.60. The summed E-state index contributed by atoms with van der Waals surface area (Å²) in [5.41, 5.74) is 2.28. The van der Waals surface area contributed by atoms with E-state index in [0.29, 0.717) is 35.4 Å². The summed E-state index contributed by atoms with van der Waals surface area (Å²) in [5, 5.41) is 6.84. The Hall–Kier alpha value is -4.14. The monoisotopic (exact) mass is 475 g/mol. The number of hydrogen-bond donors (Lipinski definition) is 2. The fraction of sp³-hybridized carbons (Fsp3) is 0.308. The van der Waals surface area contributed by atoms with Crippen LogP contribution in [0.4, 0.5) is 11.4 Å². The number of hydrogen-bond acceptors (Lipinski definition) is 7. The first-order valence-corrected chi connectivity index (χ1v) is 11.5. The molecule has 0 fully saturated rings. The molecule has 0 atom stereocenters. The van der Waals surface area contributed by atoms with Gasteiger partial charge in [0, 0.05) is 30.7 Å². The number of nitrogens with zero attached hydrogens (tertiary/aromatic N) is 3. The maximum absolute atomic E-state index is 13.0. The van der Waals surface area contributed by atoms with Crippen molar-refractivity contribution < 1.29 is 18.7 Å². The van der Waals surface area contributed by atoms with Crippen LogP contribution in [-0.2, 0) is 24.2 Å². The lowest BCUT2D eigenvalue weighted by Crippen LogP contribution is -2.18. The third kappa shape index (κ3) is 5.18. The number of carbonyl (C=O) groups is 2. The van der Waals surface area contributed by atoms with Crippen LogP contribution in [0.5, 0.6) is 0 Å². The largest absolute Gasteiger partial charge is 0.464 e. The molecule has 0 spiro atoms. The summed E-state index contributed by atoms with van der Waals surface area (Å²) in [4.78, 5) is 34.6. The Morgan fingerprint density at radius 3 is 2.63 bits per heavy atom. The Balaban J connectivity index is 1.77. The molecule has 0 saturated carbocycles. The van der Waals surface area contributed by atoms with Gasteiger partial charge in [-0.15, -0.1) is 0 Å². The van der Waals surface area contributed by atoms with Crippen LogP contribution in [0, 0.1) is 5.92 Å². The summed E-state index contributed by atoms with van der Waals surface area (Å²) in [5.74, 6) is 1.02. The lowest BCUT2D eigenvalue weighted by molar-refractivity contribution is 0.0589. The highest BCUT2D eigenvalue weighted by atomic mass is 16.5. The van der Waals surface area contributed by atoms with Crippen molar-refractivity contribution in [3.63, 3.8) is 0 Å². The first-order chi connectivity index (χ1) is 16.9. The number of pyridine rings is 2. The van der Waals surface area contributed by atoms with Crippen molar-refractivity contribution in [3.8, 4) is 0 Å². The third-order valence-corrected chi connectivity index (χ3v) is 5.52. The van der Waals surface area contributed by atoms with Gasteiger partial charge in [-0.1, -0.05) is 20.8 Å². The molecule has 35 heavy (non-hydrogen) atoms. The summed E-state index contributed by atoms with van der Waals surface area (Å²) >= 11 is 0. The molecular formula is C26H29N5O4. The van der Waals surface area contributed by atoms with E-state index in [9.17, 15) is 9.59 Å². The van der Waals surface area contributed by atoms with Crippen molar-refractivity contribution in [2.75, 3.05) is 17.7 Å². The minimum absolute atomic E-state index is 0.224. The lowest BCUT2D eigenvalue weighted by atomic mass is 10.2. The number of esters is 1. The van der Waals surface area contributed by atoms with Crippen molar-refractivity contribution in [2.24, 2.45) is 5.92 Å². The number of rotatable bonds is 9.